The molecule has 16 heavy (non-hydrogen) atoms. The van der Waals surface area contributed by atoms with Gasteiger partial charge in [-0.3, -0.25) is 9.79 Å². The van der Waals surface area contributed by atoms with Crippen molar-refractivity contribution in [2.45, 2.75) is 26.2 Å². The molecule has 0 radical (unpaired) electrons. The minimum Gasteiger partial charge on any atom is -1.00 e. The molecule has 0 atom stereocenters. The quantitative estimate of drug-likeness (QED) is 0.629. The van der Waals surface area contributed by atoms with Gasteiger partial charge in [0.15, 0.2) is 0 Å². The van der Waals surface area contributed by atoms with Crippen molar-refractivity contribution in [3.05, 3.63) is 29.8 Å². The maximum absolute atomic E-state index is 10.6. The van der Waals surface area contributed by atoms with Gasteiger partial charge in [-0.15, -0.1) is 0 Å². The van der Waals surface area contributed by atoms with Gasteiger partial charge in [0.25, 0.3) is 0 Å². The zero-order valence-electron chi connectivity index (χ0n) is 11.7. The van der Waals surface area contributed by atoms with Crippen molar-refractivity contribution >= 4 is 30.9 Å². The molecule has 0 aliphatic heterocycles. The average Bonchev–Trinajstić information content (AvgIpc) is 2.00. The van der Waals surface area contributed by atoms with Crippen molar-refractivity contribution in [3.8, 4) is 5.75 Å². The Morgan fingerprint density at radius 1 is 1.19 bits per heavy atom. The normalized spacial score (nSPS) is 11.8. The average molecular weight is 257 g/mol. The van der Waals surface area contributed by atoms with Crippen molar-refractivity contribution < 1.29 is 21.7 Å². The predicted molar refractivity (Wildman–Crippen MR) is 65.8 cm³/mol. The Balaban J connectivity index is -0.000000750. The van der Waals surface area contributed by atoms with Crippen LogP contribution in [-0.4, -0.2) is 32.8 Å². The molecular weight excluding hydrogens is 239 g/mol. The molecule has 0 aromatic heterocycles. The summed E-state index contributed by atoms with van der Waals surface area (Å²) in [5.74, 6) is 0.177. The molecule has 0 bridgehead atoms. The molecule has 0 aliphatic carbocycles. The maximum Gasteiger partial charge on any atom is 2.00 e. The summed E-state index contributed by atoms with van der Waals surface area (Å²) in [6, 6.07) is 6.70. The molecule has 6 heteroatoms. The molecule has 0 spiro atoms. The maximum atomic E-state index is 10.6. The fourth-order valence-corrected chi connectivity index (χ4v) is 1.55. The van der Waals surface area contributed by atoms with Crippen LogP contribution in [0, 0.1) is 0 Å². The van der Waals surface area contributed by atoms with Crippen LogP contribution in [0.2, 0.25) is 0 Å². The van der Waals surface area contributed by atoms with Crippen LogP contribution >= 0.6 is 7.82 Å². The second kappa shape index (κ2) is 5.51. The van der Waals surface area contributed by atoms with Gasteiger partial charge in [0.2, 0.25) is 0 Å². The third-order valence-electron chi connectivity index (χ3n) is 1.94. The van der Waals surface area contributed by atoms with Crippen molar-refractivity contribution in [2.75, 3.05) is 0 Å². The summed E-state index contributed by atoms with van der Waals surface area (Å²) < 4.78 is 15.0. The minimum absolute atomic E-state index is 0. The Hall–Kier alpha value is -0.0638. The third kappa shape index (κ3) is 5.32. The van der Waals surface area contributed by atoms with Crippen LogP contribution in [0.5, 0.6) is 5.75 Å². The summed E-state index contributed by atoms with van der Waals surface area (Å²) in [6.07, 6.45) is 0. The van der Waals surface area contributed by atoms with Gasteiger partial charge in [-0.05, 0) is 23.1 Å². The second-order valence-corrected chi connectivity index (χ2v) is 5.52. The van der Waals surface area contributed by atoms with E-state index in [1.54, 1.807) is 24.3 Å². The summed E-state index contributed by atoms with van der Waals surface area (Å²) in [7, 11) is -4.44. The monoisotopic (exact) mass is 256 g/mol. The molecule has 0 unspecified atom stereocenters. The Kier molecular flexibility index (Phi) is 5.49. The van der Waals surface area contributed by atoms with Gasteiger partial charge in [0.1, 0.15) is 5.75 Å². The smallest absolute Gasteiger partial charge is 1.00 e. The molecule has 0 saturated carbocycles. The third-order valence-corrected chi connectivity index (χ3v) is 2.39. The van der Waals surface area contributed by atoms with Crippen LogP contribution < -0.4 is 4.52 Å². The van der Waals surface area contributed by atoms with Gasteiger partial charge in [-0.2, -0.15) is 0 Å². The molecule has 0 heterocycles. The van der Waals surface area contributed by atoms with Crippen molar-refractivity contribution in [2.24, 2.45) is 0 Å². The number of benzene rings is 1. The van der Waals surface area contributed by atoms with E-state index >= 15 is 0 Å². The molecule has 0 saturated heterocycles. The second-order valence-electron chi connectivity index (χ2n) is 4.36. The van der Waals surface area contributed by atoms with E-state index in [1.807, 2.05) is 0 Å². The first-order valence-electron chi connectivity index (χ1n) is 4.54. The molecule has 0 aliphatic rings. The number of rotatable bonds is 2. The first-order valence-corrected chi connectivity index (χ1v) is 6.07. The van der Waals surface area contributed by atoms with Crippen LogP contribution in [0.1, 0.15) is 29.2 Å². The van der Waals surface area contributed by atoms with Crippen LogP contribution in [-0.2, 0) is 9.98 Å². The minimum atomic E-state index is -4.44. The van der Waals surface area contributed by atoms with Crippen LogP contribution in [0.4, 0.5) is 0 Å². The largest absolute Gasteiger partial charge is 2.00 e. The Labute approximate surface area is 114 Å². The fraction of sp³-hybridized carbons (Fsp3) is 0.400. The summed E-state index contributed by atoms with van der Waals surface area (Å²) in [6.45, 7) is 6.18. The zero-order valence-corrected chi connectivity index (χ0v) is 12.0. The molecule has 0 fully saturated rings. The van der Waals surface area contributed by atoms with E-state index in [4.69, 9.17) is 9.79 Å². The number of phosphoric ester groups is 1. The van der Waals surface area contributed by atoms with E-state index in [0.717, 1.165) is 5.56 Å². The van der Waals surface area contributed by atoms with Crippen LogP contribution in [0.25, 0.3) is 0 Å². The van der Waals surface area contributed by atoms with Gasteiger partial charge >= 0.3 is 30.9 Å². The molecular formula is C10H17MgO4P. The standard InChI is InChI=1S/C10H15O4P.Mg.2H/c1-10(2,3)8-4-6-9(7-5-8)14-15(11,12)13;;;/h4-7H,1-3H3,(H2,11,12,13);;;/q;+2;2*-1. The van der Waals surface area contributed by atoms with Gasteiger partial charge in [-0.1, -0.05) is 32.9 Å². The van der Waals surface area contributed by atoms with E-state index in [1.165, 1.54) is 0 Å². The van der Waals surface area contributed by atoms with Gasteiger partial charge in [-0.25, -0.2) is 4.57 Å². The topological polar surface area (TPSA) is 66.8 Å². The van der Waals surface area contributed by atoms with E-state index in [-0.39, 0.29) is 37.1 Å². The SMILES string of the molecule is CC(C)(C)c1ccc(OP(=O)(O)O)cc1.[H-].[H-].[Mg+2]. The fourth-order valence-electron chi connectivity index (χ4n) is 1.15. The van der Waals surface area contributed by atoms with Crippen molar-refractivity contribution in [1.29, 1.82) is 0 Å². The van der Waals surface area contributed by atoms with Crippen molar-refractivity contribution in [3.63, 3.8) is 0 Å². The molecule has 88 valence electrons. The van der Waals surface area contributed by atoms with Crippen molar-refractivity contribution in [1.82, 2.24) is 0 Å². The zero-order chi connectivity index (χ0) is 11.7. The molecule has 0 amide bonds. The van der Waals surface area contributed by atoms with E-state index in [9.17, 15) is 4.57 Å². The number of phosphoric acid groups is 1. The van der Waals surface area contributed by atoms with Gasteiger partial charge in [0, 0.05) is 0 Å². The molecule has 4 nitrogen and oxygen atoms in total. The Morgan fingerprint density at radius 3 is 1.94 bits per heavy atom. The first-order chi connectivity index (χ1) is 6.68. The molecule has 1 aromatic rings. The number of hydrogen-bond acceptors (Lipinski definition) is 2. The molecule has 1 aromatic carbocycles. The summed E-state index contributed by atoms with van der Waals surface area (Å²) in [5.41, 5.74) is 1.10. The van der Waals surface area contributed by atoms with E-state index in [2.05, 4.69) is 25.3 Å². The Bertz CT molecular complexity index is 386. The summed E-state index contributed by atoms with van der Waals surface area (Å²) in [4.78, 5) is 17.2. The van der Waals surface area contributed by atoms with Crippen LogP contribution in [0.15, 0.2) is 24.3 Å². The van der Waals surface area contributed by atoms with E-state index < -0.39 is 7.82 Å². The summed E-state index contributed by atoms with van der Waals surface area (Å²) >= 11 is 0. The van der Waals surface area contributed by atoms with Gasteiger partial charge in [0.05, 0.1) is 0 Å². The first kappa shape index (κ1) is 15.9. The Morgan fingerprint density at radius 2 is 1.62 bits per heavy atom. The summed E-state index contributed by atoms with van der Waals surface area (Å²) in [5, 5.41) is 0. The van der Waals surface area contributed by atoms with Crippen LogP contribution in [0.3, 0.4) is 0 Å². The predicted octanol–water partition coefficient (Wildman–Crippen LogP) is 2.30. The molecule has 2 N–H and O–H groups in total. The number of hydrogen-bond donors (Lipinski definition) is 2. The van der Waals surface area contributed by atoms with Gasteiger partial charge < -0.3 is 7.38 Å². The van der Waals surface area contributed by atoms with E-state index in [0.29, 0.717) is 0 Å². The molecule has 1 rings (SSSR count).